The molecule has 5 heteroatoms. The number of furan rings is 1. The van der Waals surface area contributed by atoms with Crippen LogP contribution in [0.25, 0.3) is 106 Å². The molecular weight excluding hydrogens is 685 g/mol. The van der Waals surface area contributed by atoms with Gasteiger partial charge in [0.2, 0.25) is 0 Å². The van der Waals surface area contributed by atoms with Gasteiger partial charge in [0.25, 0.3) is 0 Å². The van der Waals surface area contributed by atoms with E-state index in [4.69, 9.17) is 19.4 Å². The topological polar surface area (TPSA) is 56.7 Å². The first-order valence-corrected chi connectivity index (χ1v) is 18.8. The van der Waals surface area contributed by atoms with E-state index in [1.807, 2.05) is 72.8 Å². The van der Waals surface area contributed by atoms with Gasteiger partial charge in [-0.05, 0) is 47.5 Å². The molecule has 262 valence electrons. The van der Waals surface area contributed by atoms with Gasteiger partial charge in [0, 0.05) is 49.4 Å². The maximum atomic E-state index is 6.53. The maximum absolute atomic E-state index is 6.53. The van der Waals surface area contributed by atoms with Crippen molar-refractivity contribution in [1.29, 1.82) is 0 Å². The molecule has 0 saturated heterocycles. The predicted octanol–water partition coefficient (Wildman–Crippen LogP) is 13.2. The van der Waals surface area contributed by atoms with Gasteiger partial charge in [-0.15, -0.1) is 0 Å². The molecule has 3 aromatic heterocycles. The molecule has 0 amide bonds. The number of hydrogen-bond donors (Lipinski definition) is 0. The molecule has 11 aromatic rings. The Morgan fingerprint density at radius 2 is 0.875 bits per heavy atom. The summed E-state index contributed by atoms with van der Waals surface area (Å²) in [5.41, 5.74) is 12.4. The first-order valence-electron chi connectivity index (χ1n) is 18.8. The van der Waals surface area contributed by atoms with Crippen molar-refractivity contribution in [2.24, 2.45) is 0 Å². The van der Waals surface area contributed by atoms with Crippen LogP contribution < -0.4 is 0 Å². The van der Waals surface area contributed by atoms with Crippen molar-refractivity contribution < 1.29 is 4.42 Å². The lowest BCUT2D eigenvalue weighted by atomic mass is 10.00. The average Bonchev–Trinajstić information content (AvgIpc) is 3.83. The zero-order valence-corrected chi connectivity index (χ0v) is 30.2. The van der Waals surface area contributed by atoms with Gasteiger partial charge < -0.3 is 8.98 Å². The fourth-order valence-corrected chi connectivity index (χ4v) is 8.04. The van der Waals surface area contributed by atoms with Crippen LogP contribution in [0.5, 0.6) is 0 Å². The van der Waals surface area contributed by atoms with E-state index in [9.17, 15) is 0 Å². The second kappa shape index (κ2) is 13.0. The molecule has 0 aliphatic rings. The zero-order chi connectivity index (χ0) is 37.0. The highest BCUT2D eigenvalue weighted by molar-refractivity contribution is 6.13. The summed E-state index contributed by atoms with van der Waals surface area (Å²) in [6, 6.07) is 67.5. The van der Waals surface area contributed by atoms with E-state index >= 15 is 0 Å². The van der Waals surface area contributed by atoms with Crippen molar-refractivity contribution in [3.63, 3.8) is 0 Å². The smallest absolute Gasteiger partial charge is 0.164 e. The minimum absolute atomic E-state index is 0.633. The lowest BCUT2D eigenvalue weighted by Crippen LogP contribution is -2.00. The highest BCUT2D eigenvalue weighted by Crippen LogP contribution is 2.41. The van der Waals surface area contributed by atoms with Gasteiger partial charge in [-0.25, -0.2) is 15.0 Å². The first-order chi connectivity index (χ1) is 27.8. The van der Waals surface area contributed by atoms with Crippen LogP contribution >= 0.6 is 0 Å². The summed E-state index contributed by atoms with van der Waals surface area (Å²) in [5, 5.41) is 4.61. The van der Waals surface area contributed by atoms with Crippen molar-refractivity contribution in [3.05, 3.63) is 194 Å². The van der Waals surface area contributed by atoms with E-state index in [2.05, 4.69) is 126 Å². The van der Waals surface area contributed by atoms with Gasteiger partial charge in [0.15, 0.2) is 17.5 Å². The van der Waals surface area contributed by atoms with E-state index in [1.165, 1.54) is 10.8 Å². The summed E-state index contributed by atoms with van der Waals surface area (Å²) in [4.78, 5) is 14.9. The second-order valence-corrected chi connectivity index (χ2v) is 14.0. The van der Waals surface area contributed by atoms with Gasteiger partial charge in [0.05, 0.1) is 16.7 Å². The van der Waals surface area contributed by atoms with Crippen molar-refractivity contribution in [1.82, 2.24) is 19.5 Å². The lowest BCUT2D eigenvalue weighted by Gasteiger charge is -2.14. The van der Waals surface area contributed by atoms with E-state index < -0.39 is 0 Å². The Bertz CT molecular complexity index is 3200. The van der Waals surface area contributed by atoms with Crippen LogP contribution in [0.15, 0.2) is 199 Å². The van der Waals surface area contributed by atoms with Crippen LogP contribution in [0.2, 0.25) is 0 Å². The molecule has 8 aromatic carbocycles. The van der Waals surface area contributed by atoms with E-state index in [1.54, 1.807) is 0 Å². The summed E-state index contributed by atoms with van der Waals surface area (Å²) in [6.45, 7) is 0. The fraction of sp³-hybridized carbons (Fsp3) is 0. The van der Waals surface area contributed by atoms with Crippen LogP contribution in [0.4, 0.5) is 0 Å². The number of rotatable bonds is 6. The normalized spacial score (nSPS) is 11.6. The van der Waals surface area contributed by atoms with Crippen molar-refractivity contribution in [2.45, 2.75) is 0 Å². The minimum Gasteiger partial charge on any atom is -0.455 e. The molecule has 0 atom stereocenters. The lowest BCUT2D eigenvalue weighted by molar-refractivity contribution is 0.670. The summed E-state index contributed by atoms with van der Waals surface area (Å²) in [6.07, 6.45) is 0. The zero-order valence-electron chi connectivity index (χ0n) is 30.2. The summed E-state index contributed by atoms with van der Waals surface area (Å²) < 4.78 is 8.92. The number of fused-ring (bicyclic) bond motifs is 6. The molecule has 11 rings (SSSR count). The molecule has 5 nitrogen and oxygen atoms in total. The molecule has 56 heavy (non-hydrogen) atoms. The molecule has 0 unspecified atom stereocenters. The highest BCUT2D eigenvalue weighted by Gasteiger charge is 2.20. The van der Waals surface area contributed by atoms with E-state index in [-0.39, 0.29) is 0 Å². The Balaban J connectivity index is 1.05. The average molecular weight is 717 g/mol. The van der Waals surface area contributed by atoms with Gasteiger partial charge in [-0.3, -0.25) is 0 Å². The largest absolute Gasteiger partial charge is 0.455 e. The third kappa shape index (κ3) is 5.29. The molecule has 0 radical (unpaired) electrons. The summed E-state index contributed by atoms with van der Waals surface area (Å²) in [7, 11) is 0. The van der Waals surface area contributed by atoms with Gasteiger partial charge in [-0.1, -0.05) is 158 Å². The van der Waals surface area contributed by atoms with Crippen LogP contribution in [-0.4, -0.2) is 19.5 Å². The van der Waals surface area contributed by atoms with E-state index in [0.717, 1.165) is 77.6 Å². The molecule has 0 N–H and O–H groups in total. The summed E-state index contributed by atoms with van der Waals surface area (Å²) >= 11 is 0. The minimum atomic E-state index is 0.633. The Hall–Kier alpha value is -7.63. The second-order valence-electron chi connectivity index (χ2n) is 14.0. The molecule has 0 saturated carbocycles. The molecular formula is C51H32N4O. The van der Waals surface area contributed by atoms with Crippen LogP contribution in [0, 0.1) is 0 Å². The number of para-hydroxylation sites is 4. The van der Waals surface area contributed by atoms with Crippen LogP contribution in [0.3, 0.4) is 0 Å². The monoisotopic (exact) mass is 716 g/mol. The van der Waals surface area contributed by atoms with Crippen molar-refractivity contribution >= 4 is 43.7 Å². The van der Waals surface area contributed by atoms with Crippen molar-refractivity contribution in [2.75, 3.05) is 0 Å². The molecule has 3 heterocycles. The molecule has 0 spiro atoms. The third-order valence-corrected chi connectivity index (χ3v) is 10.7. The number of benzene rings is 8. The SMILES string of the molecule is c1ccc(-c2nc(-c3ccccc3)nc(-c3cccc(-c4ccc5c(c4)c4ccccc4n5-c4ccccc4-c4cccc5c4oc4ccccc45)c3)n2)cc1. The molecule has 0 bridgehead atoms. The molecule has 0 fully saturated rings. The molecule has 0 aliphatic heterocycles. The Morgan fingerprint density at radius 3 is 1.66 bits per heavy atom. The van der Waals surface area contributed by atoms with Crippen molar-refractivity contribution in [3.8, 4) is 62.1 Å². The molecule has 0 aliphatic carbocycles. The van der Waals surface area contributed by atoms with Gasteiger partial charge in [-0.2, -0.15) is 0 Å². The Kier molecular flexibility index (Phi) is 7.42. The number of aromatic nitrogens is 4. The number of hydrogen-bond acceptors (Lipinski definition) is 4. The summed E-state index contributed by atoms with van der Waals surface area (Å²) in [5.74, 6) is 1.92. The highest BCUT2D eigenvalue weighted by atomic mass is 16.3. The third-order valence-electron chi connectivity index (χ3n) is 10.7. The first kappa shape index (κ1) is 31.9. The van der Waals surface area contributed by atoms with Crippen LogP contribution in [0.1, 0.15) is 0 Å². The predicted molar refractivity (Wildman–Crippen MR) is 229 cm³/mol. The van der Waals surface area contributed by atoms with Gasteiger partial charge >= 0.3 is 0 Å². The standard InChI is InChI=1S/C51H32N4O/c1-3-15-33(16-4-1)49-52-50(34-17-5-2-6-18-34)54-51(53-49)37-20-13-19-35(31-37)36-29-30-46-43(32-36)39-22-8-11-27-45(39)55(46)44-26-10-7-21-38(44)41-24-14-25-42-40-23-9-12-28-47(40)56-48(41)42/h1-32H. The Labute approximate surface area is 322 Å². The van der Waals surface area contributed by atoms with E-state index in [0.29, 0.717) is 17.5 Å². The Morgan fingerprint density at radius 1 is 0.339 bits per heavy atom. The van der Waals surface area contributed by atoms with Gasteiger partial charge in [0.1, 0.15) is 11.2 Å². The number of nitrogens with zero attached hydrogens (tertiary/aromatic N) is 4. The fourth-order valence-electron chi connectivity index (χ4n) is 8.04. The quantitative estimate of drug-likeness (QED) is 0.172. The van der Waals surface area contributed by atoms with Crippen LogP contribution in [-0.2, 0) is 0 Å². The maximum Gasteiger partial charge on any atom is 0.164 e.